The molecule has 2 aromatic carbocycles. The summed E-state index contributed by atoms with van der Waals surface area (Å²) in [7, 11) is 0. The largest absolute Gasteiger partial charge is 0.422 e. The molecule has 0 spiro atoms. The zero-order valence-corrected chi connectivity index (χ0v) is 27.0. The molecule has 0 amide bonds. The molecule has 0 fully saturated rings. The molecule has 4 nitrogen and oxygen atoms in total. The number of aromatic nitrogens is 1. The van der Waals surface area contributed by atoms with Crippen LogP contribution in [0.1, 0.15) is 110 Å². The van der Waals surface area contributed by atoms with E-state index in [1.165, 1.54) is 27.9 Å². The van der Waals surface area contributed by atoms with Crippen LogP contribution in [-0.2, 0) is 21.7 Å². The highest BCUT2D eigenvalue weighted by Gasteiger charge is 2.42. The molecular weight excluding hydrogens is 512 g/mol. The van der Waals surface area contributed by atoms with Gasteiger partial charge in [0.1, 0.15) is 10.6 Å². The number of thiazole rings is 1. The third-order valence-electron chi connectivity index (χ3n) is 9.54. The molecule has 212 valence electrons. The molecule has 0 aliphatic carbocycles. The molecule has 0 saturated carbocycles. The Bertz CT molecular complexity index is 1750. The molecule has 4 heterocycles. The van der Waals surface area contributed by atoms with Crippen LogP contribution in [0.5, 0.6) is 0 Å². The third-order valence-corrected chi connectivity index (χ3v) is 10.7. The van der Waals surface area contributed by atoms with Crippen LogP contribution in [0.4, 0.5) is 5.69 Å². The fraction of sp³-hybridized carbons (Fsp3) is 0.543. The maximum atomic E-state index is 13.9. The summed E-state index contributed by atoms with van der Waals surface area (Å²) in [5.74, 6) is 0. The minimum Gasteiger partial charge on any atom is -0.422 e. The summed E-state index contributed by atoms with van der Waals surface area (Å²) in [6.07, 6.45) is 2.17. The first-order valence-corrected chi connectivity index (χ1v) is 15.6. The zero-order valence-electron chi connectivity index (χ0n) is 26.2. The van der Waals surface area contributed by atoms with Crippen molar-refractivity contribution in [2.75, 3.05) is 18.0 Å². The lowest BCUT2D eigenvalue weighted by Gasteiger charge is -2.48. The summed E-state index contributed by atoms with van der Waals surface area (Å²) in [6, 6.07) is 6.88. The van der Waals surface area contributed by atoms with E-state index in [-0.39, 0.29) is 27.3 Å². The molecule has 4 aromatic rings. The maximum absolute atomic E-state index is 13.9. The van der Waals surface area contributed by atoms with E-state index in [0.717, 1.165) is 57.7 Å². The lowest BCUT2D eigenvalue weighted by Crippen LogP contribution is -2.44. The van der Waals surface area contributed by atoms with Crippen LogP contribution in [-0.4, -0.2) is 18.1 Å². The van der Waals surface area contributed by atoms with Gasteiger partial charge >= 0.3 is 5.63 Å². The van der Waals surface area contributed by atoms with Gasteiger partial charge in [-0.3, -0.25) is 0 Å². The SMILES string of the molecule is Cc1c(-c2nc3cc(C(C)(C)C)cc(C(C)(C)C)c3s2)c(=O)oc2c3c4c(cc12)C(C)(C)CCN4CCC3(C)C. The predicted octanol–water partition coefficient (Wildman–Crippen LogP) is 9.14. The van der Waals surface area contributed by atoms with Crippen molar-refractivity contribution in [1.29, 1.82) is 0 Å². The van der Waals surface area contributed by atoms with Gasteiger partial charge in [0.15, 0.2) is 0 Å². The van der Waals surface area contributed by atoms with Crippen LogP contribution >= 0.6 is 11.3 Å². The maximum Gasteiger partial charge on any atom is 0.346 e. The average molecular weight is 557 g/mol. The molecule has 2 aromatic heterocycles. The number of nitrogens with zero attached hydrogens (tertiary/aromatic N) is 2. The fourth-order valence-electron chi connectivity index (χ4n) is 6.74. The predicted molar refractivity (Wildman–Crippen MR) is 171 cm³/mol. The summed E-state index contributed by atoms with van der Waals surface area (Å²) < 4.78 is 7.52. The molecule has 2 aliphatic rings. The average Bonchev–Trinajstić information content (AvgIpc) is 3.24. The van der Waals surface area contributed by atoms with Crippen molar-refractivity contribution in [2.45, 2.75) is 111 Å². The van der Waals surface area contributed by atoms with Gasteiger partial charge in [-0.15, -0.1) is 11.3 Å². The molecular formula is C35H44N2O2S. The van der Waals surface area contributed by atoms with Crippen LogP contribution in [0.3, 0.4) is 0 Å². The Morgan fingerprint density at radius 1 is 0.925 bits per heavy atom. The number of hydrogen-bond acceptors (Lipinski definition) is 5. The Balaban J connectivity index is 1.67. The van der Waals surface area contributed by atoms with Gasteiger partial charge in [0.2, 0.25) is 0 Å². The number of aryl methyl sites for hydroxylation is 1. The van der Waals surface area contributed by atoms with Gasteiger partial charge in [-0.2, -0.15) is 0 Å². The second kappa shape index (κ2) is 8.44. The highest BCUT2D eigenvalue weighted by molar-refractivity contribution is 7.21. The molecule has 6 rings (SSSR count). The first-order chi connectivity index (χ1) is 18.4. The van der Waals surface area contributed by atoms with Gasteiger partial charge in [0.05, 0.1) is 15.8 Å². The second-order valence-electron chi connectivity index (χ2n) is 15.6. The molecule has 0 saturated heterocycles. The summed E-state index contributed by atoms with van der Waals surface area (Å²) in [5.41, 5.74) is 9.43. The summed E-state index contributed by atoms with van der Waals surface area (Å²) >= 11 is 1.63. The van der Waals surface area contributed by atoms with Crippen LogP contribution in [0, 0.1) is 6.92 Å². The number of fused-ring (bicyclic) bond motifs is 3. The highest BCUT2D eigenvalue weighted by Crippen LogP contribution is 2.52. The minimum atomic E-state index is -0.281. The Morgan fingerprint density at radius 3 is 2.20 bits per heavy atom. The monoisotopic (exact) mass is 556 g/mol. The van der Waals surface area contributed by atoms with Gasteiger partial charge in [-0.05, 0) is 75.8 Å². The minimum absolute atomic E-state index is 0.00380. The Kier molecular flexibility index (Phi) is 5.80. The molecule has 2 aliphatic heterocycles. The van der Waals surface area contributed by atoms with E-state index in [2.05, 4.69) is 99.3 Å². The Labute approximate surface area is 242 Å². The van der Waals surface area contributed by atoms with Crippen LogP contribution < -0.4 is 10.5 Å². The highest BCUT2D eigenvalue weighted by atomic mass is 32.1. The first-order valence-electron chi connectivity index (χ1n) is 14.8. The standard InChI is InChI=1S/C35H44N2O2S/c1-19-21-18-22-27-26(35(10,11)13-15-37(27)14-12-34(22,8)9)28(21)39-31(38)25(19)30-36-24-17-20(32(2,3)4)16-23(29(24)40-30)33(5,6)7/h16-18H,12-15H2,1-11H3. The third kappa shape index (κ3) is 4.06. The normalized spacial score (nSPS) is 18.4. The number of rotatable bonds is 1. The molecule has 5 heteroatoms. The van der Waals surface area contributed by atoms with Gasteiger partial charge in [-0.1, -0.05) is 75.3 Å². The van der Waals surface area contributed by atoms with E-state index >= 15 is 0 Å². The van der Waals surface area contributed by atoms with E-state index in [9.17, 15) is 4.79 Å². The van der Waals surface area contributed by atoms with E-state index in [1.807, 2.05) is 0 Å². The number of benzene rings is 2. The topological polar surface area (TPSA) is 46.3 Å². The molecule has 0 unspecified atom stereocenters. The van der Waals surface area contributed by atoms with Crippen LogP contribution in [0.25, 0.3) is 31.8 Å². The van der Waals surface area contributed by atoms with Crippen molar-refractivity contribution >= 4 is 38.2 Å². The second-order valence-corrected chi connectivity index (χ2v) is 16.6. The van der Waals surface area contributed by atoms with Gasteiger partial charge in [0.25, 0.3) is 0 Å². The van der Waals surface area contributed by atoms with E-state index < -0.39 is 0 Å². The molecule has 0 bridgehead atoms. The first kappa shape index (κ1) is 27.5. The molecule has 0 atom stereocenters. The molecule has 40 heavy (non-hydrogen) atoms. The quantitative estimate of drug-likeness (QED) is 0.219. The van der Waals surface area contributed by atoms with Crippen molar-refractivity contribution in [3.63, 3.8) is 0 Å². The number of anilines is 1. The molecule has 0 N–H and O–H groups in total. The van der Waals surface area contributed by atoms with Crippen molar-refractivity contribution in [3.05, 3.63) is 56.4 Å². The van der Waals surface area contributed by atoms with E-state index in [1.54, 1.807) is 11.3 Å². The number of hydrogen-bond donors (Lipinski definition) is 0. The van der Waals surface area contributed by atoms with Crippen molar-refractivity contribution in [1.82, 2.24) is 4.98 Å². The Hall–Kier alpha value is -2.66. The van der Waals surface area contributed by atoms with Gasteiger partial charge in [-0.25, -0.2) is 9.78 Å². The van der Waals surface area contributed by atoms with Gasteiger partial charge in [0, 0.05) is 29.7 Å². The van der Waals surface area contributed by atoms with Crippen molar-refractivity contribution in [3.8, 4) is 10.6 Å². The van der Waals surface area contributed by atoms with Crippen molar-refractivity contribution < 1.29 is 4.42 Å². The van der Waals surface area contributed by atoms with Crippen LogP contribution in [0.2, 0.25) is 0 Å². The van der Waals surface area contributed by atoms with E-state index in [0.29, 0.717) is 5.56 Å². The Morgan fingerprint density at radius 2 is 1.57 bits per heavy atom. The summed E-state index contributed by atoms with van der Waals surface area (Å²) in [4.78, 5) is 21.5. The lowest BCUT2D eigenvalue weighted by atomic mass is 9.69. The zero-order chi connectivity index (χ0) is 29.2. The fourth-order valence-corrected chi connectivity index (χ4v) is 8.10. The van der Waals surface area contributed by atoms with Gasteiger partial charge < -0.3 is 9.32 Å². The smallest absolute Gasteiger partial charge is 0.346 e. The summed E-state index contributed by atoms with van der Waals surface area (Å²) in [6.45, 7) is 27.0. The van der Waals surface area contributed by atoms with Crippen LogP contribution in [0.15, 0.2) is 27.4 Å². The van der Waals surface area contributed by atoms with E-state index in [4.69, 9.17) is 9.40 Å². The lowest BCUT2D eigenvalue weighted by molar-refractivity contribution is 0.398. The molecule has 0 radical (unpaired) electrons. The van der Waals surface area contributed by atoms with Crippen molar-refractivity contribution in [2.24, 2.45) is 0 Å². The summed E-state index contributed by atoms with van der Waals surface area (Å²) in [5, 5.41) is 1.81.